The molecule has 3 rings (SSSR count). The Kier molecular flexibility index (Phi) is 3.76. The molecule has 2 aliphatic rings. The monoisotopic (exact) mass is 275 g/mol. The number of epoxide rings is 1. The van der Waals surface area contributed by atoms with Crippen LogP contribution < -0.4 is 0 Å². The first-order chi connectivity index (χ1) is 9.72. The number of benzene rings is 1. The number of nitrogens with zero attached hydrogens (tertiary/aromatic N) is 1. The van der Waals surface area contributed by atoms with E-state index in [0.29, 0.717) is 0 Å². The van der Waals surface area contributed by atoms with E-state index in [1.54, 1.807) is 0 Å². The van der Waals surface area contributed by atoms with Gasteiger partial charge in [-0.3, -0.25) is 9.69 Å². The molecule has 1 aromatic rings. The number of likely N-dealkylation sites (tertiary alicyclic amines) is 1. The minimum atomic E-state index is -0.370. The van der Waals surface area contributed by atoms with Gasteiger partial charge in [0.25, 0.3) is 0 Å². The molecule has 0 aromatic heterocycles. The molecule has 0 saturated carbocycles. The second kappa shape index (κ2) is 5.54. The molecular weight excluding hydrogens is 254 g/mol. The average molecular weight is 275 g/mol. The largest absolute Gasteiger partial charge is 0.469 e. The van der Waals surface area contributed by atoms with Gasteiger partial charge in [0, 0.05) is 13.1 Å². The maximum Gasteiger partial charge on any atom is 0.313 e. The SMILES string of the molecule is COC(=O)C1(CC2CO2)CCN(Cc2ccccc2)C1. The summed E-state index contributed by atoms with van der Waals surface area (Å²) in [6.45, 7) is 3.40. The van der Waals surface area contributed by atoms with Gasteiger partial charge in [-0.2, -0.15) is 0 Å². The maximum absolute atomic E-state index is 12.2. The third-order valence-corrected chi connectivity index (χ3v) is 4.32. The van der Waals surface area contributed by atoms with Gasteiger partial charge in [0.05, 0.1) is 25.2 Å². The Bertz CT molecular complexity index is 472. The van der Waals surface area contributed by atoms with Crippen molar-refractivity contribution in [3.8, 4) is 0 Å². The lowest BCUT2D eigenvalue weighted by Gasteiger charge is -2.26. The molecule has 2 saturated heterocycles. The normalized spacial score (nSPS) is 29.4. The summed E-state index contributed by atoms with van der Waals surface area (Å²) in [4.78, 5) is 14.5. The zero-order valence-electron chi connectivity index (χ0n) is 11.9. The highest BCUT2D eigenvalue weighted by atomic mass is 16.6. The van der Waals surface area contributed by atoms with Crippen molar-refractivity contribution in [3.05, 3.63) is 35.9 Å². The van der Waals surface area contributed by atoms with Crippen LogP contribution in [0, 0.1) is 5.41 Å². The van der Waals surface area contributed by atoms with Crippen LogP contribution in [0.2, 0.25) is 0 Å². The zero-order chi connectivity index (χ0) is 14.0. The van der Waals surface area contributed by atoms with Crippen molar-refractivity contribution < 1.29 is 14.3 Å². The van der Waals surface area contributed by atoms with Crippen molar-refractivity contribution >= 4 is 5.97 Å². The number of hydrogen-bond donors (Lipinski definition) is 0. The van der Waals surface area contributed by atoms with Crippen LogP contribution in [0.5, 0.6) is 0 Å². The molecule has 2 heterocycles. The fraction of sp³-hybridized carbons (Fsp3) is 0.562. The third-order valence-electron chi connectivity index (χ3n) is 4.32. The predicted octanol–water partition coefficient (Wildman–Crippen LogP) is 1.84. The number of esters is 1. The highest BCUT2D eigenvalue weighted by molar-refractivity contribution is 5.77. The standard InChI is InChI=1S/C16H21NO3/c1-19-15(18)16(9-14-11-20-14)7-8-17(12-16)10-13-5-3-2-4-6-13/h2-6,14H,7-12H2,1H3. The number of ether oxygens (including phenoxy) is 2. The molecule has 0 radical (unpaired) electrons. The molecule has 2 unspecified atom stereocenters. The van der Waals surface area contributed by atoms with E-state index in [4.69, 9.17) is 9.47 Å². The average Bonchev–Trinajstić information content (AvgIpc) is 3.19. The van der Waals surface area contributed by atoms with Crippen LogP contribution in [0.3, 0.4) is 0 Å². The smallest absolute Gasteiger partial charge is 0.313 e. The van der Waals surface area contributed by atoms with Crippen LogP contribution in [-0.2, 0) is 20.8 Å². The summed E-state index contributed by atoms with van der Waals surface area (Å²) >= 11 is 0. The van der Waals surface area contributed by atoms with E-state index in [0.717, 1.165) is 39.1 Å². The second-order valence-electron chi connectivity index (χ2n) is 5.88. The van der Waals surface area contributed by atoms with Gasteiger partial charge in [-0.25, -0.2) is 0 Å². The second-order valence-corrected chi connectivity index (χ2v) is 5.88. The van der Waals surface area contributed by atoms with E-state index in [1.165, 1.54) is 12.7 Å². The van der Waals surface area contributed by atoms with E-state index in [-0.39, 0.29) is 17.5 Å². The van der Waals surface area contributed by atoms with Crippen LogP contribution in [-0.4, -0.2) is 43.8 Å². The Balaban J connectivity index is 1.67. The highest BCUT2D eigenvalue weighted by Crippen LogP contribution is 2.40. The summed E-state index contributed by atoms with van der Waals surface area (Å²) in [6.07, 6.45) is 1.92. The molecule has 108 valence electrons. The van der Waals surface area contributed by atoms with Gasteiger partial charge in [0.2, 0.25) is 0 Å². The lowest BCUT2D eigenvalue weighted by atomic mass is 9.82. The van der Waals surface area contributed by atoms with E-state index in [1.807, 2.05) is 6.07 Å². The summed E-state index contributed by atoms with van der Waals surface area (Å²) in [5, 5.41) is 0. The molecule has 1 aromatic carbocycles. The molecular formula is C16H21NO3. The molecule has 2 aliphatic heterocycles. The fourth-order valence-corrected chi connectivity index (χ4v) is 3.19. The lowest BCUT2D eigenvalue weighted by molar-refractivity contribution is -0.152. The van der Waals surface area contributed by atoms with Crippen molar-refractivity contribution in [1.82, 2.24) is 4.90 Å². The van der Waals surface area contributed by atoms with E-state index in [9.17, 15) is 4.79 Å². The summed E-state index contributed by atoms with van der Waals surface area (Å²) in [5.74, 6) is -0.0800. The number of carbonyl (C=O) groups is 1. The van der Waals surface area contributed by atoms with E-state index in [2.05, 4.69) is 29.2 Å². The number of hydrogen-bond acceptors (Lipinski definition) is 4. The number of methoxy groups -OCH3 is 1. The number of rotatable bonds is 5. The lowest BCUT2D eigenvalue weighted by Crippen LogP contribution is -2.37. The Morgan fingerprint density at radius 1 is 1.45 bits per heavy atom. The quantitative estimate of drug-likeness (QED) is 0.607. The van der Waals surface area contributed by atoms with Gasteiger partial charge < -0.3 is 9.47 Å². The van der Waals surface area contributed by atoms with Crippen molar-refractivity contribution in [1.29, 1.82) is 0 Å². The molecule has 0 N–H and O–H groups in total. The van der Waals surface area contributed by atoms with Crippen molar-refractivity contribution in [2.75, 3.05) is 26.8 Å². The molecule has 20 heavy (non-hydrogen) atoms. The van der Waals surface area contributed by atoms with Gasteiger partial charge in [0.15, 0.2) is 0 Å². The summed E-state index contributed by atoms with van der Waals surface area (Å²) < 4.78 is 10.4. The molecule has 4 heteroatoms. The first kappa shape index (κ1) is 13.6. The minimum Gasteiger partial charge on any atom is -0.469 e. The van der Waals surface area contributed by atoms with Gasteiger partial charge in [-0.05, 0) is 24.9 Å². The maximum atomic E-state index is 12.2. The van der Waals surface area contributed by atoms with Gasteiger partial charge >= 0.3 is 5.97 Å². The van der Waals surface area contributed by atoms with E-state index >= 15 is 0 Å². The Morgan fingerprint density at radius 3 is 2.85 bits per heavy atom. The van der Waals surface area contributed by atoms with Crippen LogP contribution in [0.4, 0.5) is 0 Å². The summed E-state index contributed by atoms with van der Waals surface area (Å²) in [6, 6.07) is 10.4. The first-order valence-corrected chi connectivity index (χ1v) is 7.18. The molecule has 0 spiro atoms. The predicted molar refractivity (Wildman–Crippen MR) is 75.1 cm³/mol. The Morgan fingerprint density at radius 2 is 2.20 bits per heavy atom. The summed E-state index contributed by atoms with van der Waals surface area (Å²) in [5.41, 5.74) is 0.917. The molecule has 2 atom stereocenters. The topological polar surface area (TPSA) is 42.1 Å². The van der Waals surface area contributed by atoms with Gasteiger partial charge in [0.1, 0.15) is 0 Å². The molecule has 2 fully saturated rings. The van der Waals surface area contributed by atoms with Gasteiger partial charge in [-0.1, -0.05) is 30.3 Å². The van der Waals surface area contributed by atoms with Gasteiger partial charge in [-0.15, -0.1) is 0 Å². The van der Waals surface area contributed by atoms with Crippen LogP contribution >= 0.6 is 0 Å². The third kappa shape index (κ3) is 2.86. The Labute approximate surface area is 119 Å². The minimum absolute atomic E-state index is 0.0800. The molecule has 0 bridgehead atoms. The zero-order valence-corrected chi connectivity index (χ0v) is 11.9. The molecule has 0 amide bonds. The molecule has 0 aliphatic carbocycles. The van der Waals surface area contributed by atoms with E-state index < -0.39 is 0 Å². The Hall–Kier alpha value is -1.39. The highest BCUT2D eigenvalue weighted by Gasteiger charge is 2.49. The fourth-order valence-electron chi connectivity index (χ4n) is 3.19. The van der Waals surface area contributed by atoms with Crippen LogP contribution in [0.15, 0.2) is 30.3 Å². The number of carbonyl (C=O) groups excluding carboxylic acids is 1. The van der Waals surface area contributed by atoms with Crippen LogP contribution in [0.1, 0.15) is 18.4 Å². The molecule has 4 nitrogen and oxygen atoms in total. The van der Waals surface area contributed by atoms with Crippen molar-refractivity contribution in [2.45, 2.75) is 25.5 Å². The van der Waals surface area contributed by atoms with Crippen LogP contribution in [0.25, 0.3) is 0 Å². The first-order valence-electron chi connectivity index (χ1n) is 7.18. The summed E-state index contributed by atoms with van der Waals surface area (Å²) in [7, 11) is 1.48. The van der Waals surface area contributed by atoms with Crippen molar-refractivity contribution in [3.63, 3.8) is 0 Å². The van der Waals surface area contributed by atoms with Crippen molar-refractivity contribution in [2.24, 2.45) is 5.41 Å².